The molecular formula is C18H15FIN3. The number of hydrogen-bond donors (Lipinski definition) is 1. The van der Waals surface area contributed by atoms with Crippen LogP contribution in [0.15, 0.2) is 42.6 Å². The van der Waals surface area contributed by atoms with Crippen molar-refractivity contribution >= 4 is 44.4 Å². The van der Waals surface area contributed by atoms with E-state index in [0.29, 0.717) is 5.92 Å². The van der Waals surface area contributed by atoms with E-state index in [1.165, 1.54) is 26.8 Å². The normalized spacial score (nSPS) is 11.9. The van der Waals surface area contributed by atoms with Crippen LogP contribution in [0.3, 0.4) is 0 Å². The third-order valence-electron chi connectivity index (χ3n) is 4.13. The zero-order valence-electron chi connectivity index (χ0n) is 12.8. The fraction of sp³-hybridized carbons (Fsp3) is 0.167. The molecule has 0 atom stereocenters. The van der Waals surface area contributed by atoms with Crippen molar-refractivity contribution in [3.05, 3.63) is 57.7 Å². The fourth-order valence-corrected chi connectivity index (χ4v) is 4.38. The minimum Gasteiger partial charge on any atom is -0.312 e. The van der Waals surface area contributed by atoms with Crippen LogP contribution < -0.4 is 0 Å². The quantitative estimate of drug-likeness (QED) is 0.436. The van der Waals surface area contributed by atoms with Gasteiger partial charge in [0.25, 0.3) is 0 Å². The molecule has 0 fully saturated rings. The number of nitrogens with one attached hydrogen (secondary N) is 1. The maximum Gasteiger partial charge on any atom is 0.123 e. The van der Waals surface area contributed by atoms with Gasteiger partial charge in [0.1, 0.15) is 5.82 Å². The third-order valence-corrected chi connectivity index (χ3v) is 5.27. The lowest BCUT2D eigenvalue weighted by molar-refractivity contribution is 0.627. The van der Waals surface area contributed by atoms with Crippen LogP contribution in [0.4, 0.5) is 4.39 Å². The van der Waals surface area contributed by atoms with E-state index in [2.05, 4.69) is 63.3 Å². The van der Waals surface area contributed by atoms with Gasteiger partial charge in [0.15, 0.2) is 0 Å². The molecule has 4 rings (SSSR count). The van der Waals surface area contributed by atoms with Crippen LogP contribution in [0.2, 0.25) is 0 Å². The summed E-state index contributed by atoms with van der Waals surface area (Å²) in [5.41, 5.74) is 4.37. The number of H-pyrrole nitrogens is 1. The van der Waals surface area contributed by atoms with Crippen molar-refractivity contribution in [2.45, 2.75) is 19.8 Å². The summed E-state index contributed by atoms with van der Waals surface area (Å²) >= 11 is 2.41. The van der Waals surface area contributed by atoms with Gasteiger partial charge in [-0.2, -0.15) is 5.10 Å². The lowest BCUT2D eigenvalue weighted by Crippen LogP contribution is -2.03. The topological polar surface area (TPSA) is 33.6 Å². The van der Waals surface area contributed by atoms with Crippen molar-refractivity contribution < 1.29 is 4.39 Å². The Hall–Kier alpha value is -1.89. The molecule has 0 bridgehead atoms. The van der Waals surface area contributed by atoms with Crippen LogP contribution in [0, 0.1) is 9.39 Å². The minimum absolute atomic E-state index is 0.219. The van der Waals surface area contributed by atoms with Crippen molar-refractivity contribution in [1.82, 2.24) is 14.8 Å². The summed E-state index contributed by atoms with van der Waals surface area (Å²) in [7, 11) is 0. The number of hydrogen-bond acceptors (Lipinski definition) is 1. The Morgan fingerprint density at radius 2 is 1.91 bits per heavy atom. The van der Waals surface area contributed by atoms with Gasteiger partial charge < -0.3 is 4.57 Å². The maximum absolute atomic E-state index is 13.3. The number of fused-ring (bicyclic) bond motifs is 2. The van der Waals surface area contributed by atoms with E-state index in [-0.39, 0.29) is 5.82 Å². The van der Waals surface area contributed by atoms with Crippen LogP contribution in [0.1, 0.15) is 25.5 Å². The molecule has 5 heteroatoms. The van der Waals surface area contributed by atoms with E-state index in [1.54, 1.807) is 0 Å². The third kappa shape index (κ3) is 2.25. The van der Waals surface area contributed by atoms with Crippen LogP contribution in [-0.2, 0) is 0 Å². The Morgan fingerprint density at radius 1 is 1.17 bits per heavy atom. The number of halogens is 2. The van der Waals surface area contributed by atoms with Gasteiger partial charge in [0.05, 0.1) is 17.2 Å². The molecule has 116 valence electrons. The molecule has 0 radical (unpaired) electrons. The van der Waals surface area contributed by atoms with Crippen molar-refractivity contribution in [3.63, 3.8) is 0 Å². The number of rotatable bonds is 2. The zero-order valence-corrected chi connectivity index (χ0v) is 14.9. The van der Waals surface area contributed by atoms with Crippen molar-refractivity contribution in [2.24, 2.45) is 0 Å². The van der Waals surface area contributed by atoms with Crippen molar-refractivity contribution in [2.75, 3.05) is 0 Å². The lowest BCUT2D eigenvalue weighted by atomic mass is 10.1. The Bertz CT molecular complexity index is 1010. The van der Waals surface area contributed by atoms with Crippen molar-refractivity contribution in [3.8, 4) is 5.69 Å². The highest BCUT2D eigenvalue weighted by Crippen LogP contribution is 2.36. The first-order valence-electron chi connectivity index (χ1n) is 7.49. The summed E-state index contributed by atoms with van der Waals surface area (Å²) in [6, 6.07) is 11.0. The van der Waals surface area contributed by atoms with Crippen LogP contribution in [0.25, 0.3) is 27.5 Å². The van der Waals surface area contributed by atoms with Gasteiger partial charge >= 0.3 is 0 Å². The first-order chi connectivity index (χ1) is 11.1. The van der Waals surface area contributed by atoms with Gasteiger partial charge in [-0.1, -0.05) is 13.8 Å². The molecule has 0 aliphatic heterocycles. The number of benzene rings is 2. The predicted octanol–water partition coefficient (Wildman–Crippen LogP) is 5.37. The number of aromatic nitrogens is 3. The first-order valence-corrected chi connectivity index (χ1v) is 8.57. The average Bonchev–Trinajstić information content (AvgIpc) is 3.09. The second kappa shape index (κ2) is 5.33. The highest BCUT2D eigenvalue weighted by molar-refractivity contribution is 14.1. The molecule has 4 aromatic rings. The van der Waals surface area contributed by atoms with Gasteiger partial charge in [0.2, 0.25) is 0 Å². The molecule has 0 saturated carbocycles. The maximum atomic E-state index is 13.3. The molecule has 0 amide bonds. The molecule has 23 heavy (non-hydrogen) atoms. The summed E-state index contributed by atoms with van der Waals surface area (Å²) in [5.74, 6) is 0.138. The van der Waals surface area contributed by atoms with Gasteiger partial charge in [-0.3, -0.25) is 5.10 Å². The Balaban J connectivity index is 2.14. The van der Waals surface area contributed by atoms with Crippen LogP contribution >= 0.6 is 22.6 Å². The van der Waals surface area contributed by atoms with Crippen molar-refractivity contribution in [1.29, 1.82) is 0 Å². The van der Waals surface area contributed by atoms with E-state index < -0.39 is 0 Å². The molecule has 0 aliphatic carbocycles. The molecule has 0 spiro atoms. The summed E-state index contributed by atoms with van der Waals surface area (Å²) in [4.78, 5) is 0. The minimum atomic E-state index is -0.219. The summed E-state index contributed by atoms with van der Waals surface area (Å²) < 4.78 is 16.8. The Kier molecular flexibility index (Phi) is 3.41. The van der Waals surface area contributed by atoms with Gasteiger partial charge in [-0.25, -0.2) is 4.39 Å². The van der Waals surface area contributed by atoms with E-state index in [1.807, 2.05) is 18.3 Å². The standard InChI is InChI=1S/C18H15FIN3/c1-10(2)18-17(20)14-8-15-11(9-21-22-15)7-16(14)23(18)13-5-3-12(19)4-6-13/h3-10H,1-2H3,(H,21,22). The largest absolute Gasteiger partial charge is 0.312 e. The molecule has 0 aliphatic rings. The van der Waals surface area contributed by atoms with E-state index in [4.69, 9.17) is 0 Å². The first kappa shape index (κ1) is 14.7. The lowest BCUT2D eigenvalue weighted by Gasteiger charge is -2.14. The molecule has 0 unspecified atom stereocenters. The number of nitrogens with zero attached hydrogens (tertiary/aromatic N) is 2. The Labute approximate surface area is 146 Å². The molecule has 0 saturated heterocycles. The second-order valence-corrected chi connectivity index (χ2v) is 7.07. The average molecular weight is 419 g/mol. The monoisotopic (exact) mass is 419 g/mol. The summed E-state index contributed by atoms with van der Waals surface area (Å²) in [5, 5.41) is 9.42. The second-order valence-electron chi connectivity index (χ2n) is 5.99. The van der Waals surface area contributed by atoms with E-state index in [0.717, 1.165) is 22.1 Å². The molecule has 2 aromatic carbocycles. The zero-order chi connectivity index (χ0) is 16.1. The number of aromatic amines is 1. The van der Waals surface area contributed by atoms with Crippen LogP contribution in [-0.4, -0.2) is 14.8 Å². The molecular weight excluding hydrogens is 404 g/mol. The van der Waals surface area contributed by atoms with Gasteiger partial charge in [-0.15, -0.1) is 0 Å². The van der Waals surface area contributed by atoms with Crippen LogP contribution in [0.5, 0.6) is 0 Å². The fourth-order valence-electron chi connectivity index (χ4n) is 3.09. The highest BCUT2D eigenvalue weighted by Gasteiger charge is 2.20. The summed E-state index contributed by atoms with van der Waals surface area (Å²) in [6.07, 6.45) is 1.83. The molecule has 3 nitrogen and oxygen atoms in total. The molecule has 1 N–H and O–H groups in total. The predicted molar refractivity (Wildman–Crippen MR) is 99.7 cm³/mol. The molecule has 2 aromatic heterocycles. The SMILES string of the molecule is CC(C)c1c(I)c2cc3[nH]ncc3cc2n1-c1ccc(F)cc1. The molecule has 2 heterocycles. The Morgan fingerprint density at radius 3 is 2.61 bits per heavy atom. The smallest absolute Gasteiger partial charge is 0.123 e. The van der Waals surface area contributed by atoms with Gasteiger partial charge in [0, 0.05) is 25.7 Å². The van der Waals surface area contributed by atoms with E-state index >= 15 is 0 Å². The summed E-state index contributed by atoms with van der Waals surface area (Å²) in [6.45, 7) is 4.37. The van der Waals surface area contributed by atoms with Gasteiger partial charge in [-0.05, 0) is 64.9 Å². The van der Waals surface area contributed by atoms with E-state index in [9.17, 15) is 4.39 Å². The highest BCUT2D eigenvalue weighted by atomic mass is 127.